The molecule has 0 heterocycles. The summed E-state index contributed by atoms with van der Waals surface area (Å²) < 4.78 is 10.8. The molecule has 2 aromatic rings. The van der Waals surface area contributed by atoms with E-state index in [9.17, 15) is 4.79 Å². The maximum Gasteiger partial charge on any atom is 0.343 e. The van der Waals surface area contributed by atoms with Gasteiger partial charge in [0.05, 0.1) is 18.4 Å². The Labute approximate surface area is 182 Å². The number of thiocarbonyl (C=S) groups is 1. The lowest BCUT2D eigenvalue weighted by Crippen LogP contribution is -2.40. The van der Waals surface area contributed by atoms with Gasteiger partial charge in [-0.1, -0.05) is 19.3 Å². The van der Waals surface area contributed by atoms with Crippen LogP contribution in [0.25, 0.3) is 0 Å². The van der Waals surface area contributed by atoms with Crippen LogP contribution in [0.15, 0.2) is 53.6 Å². The van der Waals surface area contributed by atoms with E-state index >= 15 is 0 Å². The molecule has 3 rings (SSSR count). The highest BCUT2D eigenvalue weighted by atomic mass is 32.1. The molecule has 1 fully saturated rings. The summed E-state index contributed by atoms with van der Waals surface area (Å²) in [4.78, 5) is 12.3. The second kappa shape index (κ2) is 11.3. The minimum atomic E-state index is -0.416. The van der Waals surface area contributed by atoms with Crippen molar-refractivity contribution in [1.29, 1.82) is 0 Å². The van der Waals surface area contributed by atoms with Gasteiger partial charge >= 0.3 is 5.97 Å². The van der Waals surface area contributed by atoms with Gasteiger partial charge in [0.25, 0.3) is 0 Å². The maximum absolute atomic E-state index is 12.3. The number of esters is 1. The minimum Gasteiger partial charge on any atom is -0.494 e. The van der Waals surface area contributed by atoms with Gasteiger partial charge in [0.2, 0.25) is 0 Å². The molecule has 0 atom stereocenters. The van der Waals surface area contributed by atoms with E-state index in [4.69, 9.17) is 21.7 Å². The number of hydrogen-bond donors (Lipinski definition) is 2. The zero-order valence-corrected chi connectivity index (χ0v) is 17.9. The summed E-state index contributed by atoms with van der Waals surface area (Å²) in [5.41, 5.74) is 4.18. The first-order chi connectivity index (χ1) is 14.6. The lowest BCUT2D eigenvalue weighted by molar-refractivity contribution is 0.0734. The van der Waals surface area contributed by atoms with Crippen LogP contribution in [0.2, 0.25) is 0 Å². The van der Waals surface area contributed by atoms with Crippen LogP contribution in [0.4, 0.5) is 0 Å². The first-order valence-electron chi connectivity index (χ1n) is 10.3. The molecule has 2 aromatic carbocycles. The van der Waals surface area contributed by atoms with Crippen molar-refractivity contribution in [3.8, 4) is 11.5 Å². The third kappa shape index (κ3) is 6.84. The van der Waals surface area contributed by atoms with E-state index in [0.29, 0.717) is 29.1 Å². The van der Waals surface area contributed by atoms with Crippen LogP contribution in [-0.4, -0.2) is 29.9 Å². The number of ether oxygens (including phenoxy) is 2. The summed E-state index contributed by atoms with van der Waals surface area (Å²) in [6, 6.07) is 14.4. The Morgan fingerprint density at radius 2 is 1.73 bits per heavy atom. The number of rotatable bonds is 7. The first-order valence-corrected chi connectivity index (χ1v) is 10.7. The normalized spacial score (nSPS) is 14.3. The molecule has 1 saturated carbocycles. The molecule has 6 nitrogen and oxygen atoms in total. The van der Waals surface area contributed by atoms with Crippen molar-refractivity contribution < 1.29 is 14.3 Å². The Balaban J connectivity index is 1.46. The molecule has 0 radical (unpaired) electrons. The van der Waals surface area contributed by atoms with E-state index < -0.39 is 5.97 Å². The van der Waals surface area contributed by atoms with Crippen LogP contribution in [0.1, 0.15) is 54.9 Å². The van der Waals surface area contributed by atoms with Crippen molar-refractivity contribution >= 4 is 29.5 Å². The fourth-order valence-electron chi connectivity index (χ4n) is 3.27. The molecule has 0 aliphatic heterocycles. The van der Waals surface area contributed by atoms with Crippen molar-refractivity contribution in [2.45, 2.75) is 45.1 Å². The Bertz CT molecular complexity index is 860. The van der Waals surface area contributed by atoms with Crippen LogP contribution < -0.4 is 20.2 Å². The zero-order chi connectivity index (χ0) is 21.2. The number of hydrazone groups is 1. The molecule has 2 N–H and O–H groups in total. The quantitative estimate of drug-likeness (QED) is 0.225. The Kier molecular flexibility index (Phi) is 8.20. The smallest absolute Gasteiger partial charge is 0.343 e. The van der Waals surface area contributed by atoms with Crippen LogP contribution in [-0.2, 0) is 0 Å². The largest absolute Gasteiger partial charge is 0.494 e. The number of nitrogens with one attached hydrogen (secondary N) is 2. The second-order valence-corrected chi connectivity index (χ2v) is 7.50. The van der Waals surface area contributed by atoms with Gasteiger partial charge in [0.15, 0.2) is 5.11 Å². The zero-order valence-electron chi connectivity index (χ0n) is 17.1. The van der Waals surface area contributed by atoms with Crippen LogP contribution in [0, 0.1) is 0 Å². The van der Waals surface area contributed by atoms with Crippen LogP contribution in [0.3, 0.4) is 0 Å². The van der Waals surface area contributed by atoms with Crippen molar-refractivity contribution in [2.24, 2.45) is 5.10 Å². The molecular formula is C23H27N3O3S. The summed E-state index contributed by atoms with van der Waals surface area (Å²) in [6.45, 7) is 2.49. The molecule has 7 heteroatoms. The highest BCUT2D eigenvalue weighted by Crippen LogP contribution is 2.18. The number of carbonyl (C=O) groups excluding carboxylic acids is 1. The predicted molar refractivity (Wildman–Crippen MR) is 122 cm³/mol. The SMILES string of the molecule is CCOc1ccc(C(=O)Oc2ccc(C=NNC(=S)NC3CCCCC3)cc2)cc1. The second-order valence-electron chi connectivity index (χ2n) is 7.09. The number of hydrogen-bond acceptors (Lipinski definition) is 5. The van der Waals surface area contributed by atoms with Gasteiger partial charge in [-0.3, -0.25) is 5.43 Å². The molecule has 0 aromatic heterocycles. The average Bonchev–Trinajstić information content (AvgIpc) is 2.76. The molecule has 0 bridgehead atoms. The van der Waals surface area contributed by atoms with Crippen molar-refractivity contribution in [2.75, 3.05) is 6.61 Å². The van der Waals surface area contributed by atoms with Gasteiger partial charge < -0.3 is 14.8 Å². The summed E-state index contributed by atoms with van der Waals surface area (Å²) in [5, 5.41) is 8.01. The molecular weight excluding hydrogens is 398 g/mol. The lowest BCUT2D eigenvalue weighted by Gasteiger charge is -2.23. The van der Waals surface area contributed by atoms with E-state index in [1.807, 2.05) is 19.1 Å². The summed E-state index contributed by atoms with van der Waals surface area (Å²) in [7, 11) is 0. The molecule has 0 amide bonds. The molecule has 0 unspecified atom stereocenters. The minimum absolute atomic E-state index is 0.416. The van der Waals surface area contributed by atoms with Crippen LogP contribution >= 0.6 is 12.2 Å². The van der Waals surface area contributed by atoms with E-state index in [1.165, 1.54) is 19.3 Å². The van der Waals surface area contributed by atoms with Crippen molar-refractivity contribution in [3.05, 3.63) is 59.7 Å². The van der Waals surface area contributed by atoms with Crippen molar-refractivity contribution in [3.63, 3.8) is 0 Å². The molecule has 0 spiro atoms. The highest BCUT2D eigenvalue weighted by molar-refractivity contribution is 7.80. The van der Waals surface area contributed by atoms with Gasteiger partial charge in [-0.25, -0.2) is 4.79 Å². The fraction of sp³-hybridized carbons (Fsp3) is 0.348. The Morgan fingerprint density at radius 1 is 1.07 bits per heavy atom. The monoisotopic (exact) mass is 425 g/mol. The Hall–Kier alpha value is -2.93. The van der Waals surface area contributed by atoms with E-state index in [-0.39, 0.29) is 0 Å². The number of nitrogens with zero attached hydrogens (tertiary/aromatic N) is 1. The maximum atomic E-state index is 12.3. The van der Waals surface area contributed by atoms with Crippen molar-refractivity contribution in [1.82, 2.24) is 10.7 Å². The molecule has 158 valence electrons. The lowest BCUT2D eigenvalue weighted by atomic mass is 9.96. The number of carbonyl (C=O) groups is 1. The Morgan fingerprint density at radius 3 is 2.40 bits per heavy atom. The van der Waals surface area contributed by atoms with Gasteiger partial charge in [-0.15, -0.1) is 0 Å². The summed E-state index contributed by atoms with van der Waals surface area (Å²) in [5.74, 6) is 0.772. The van der Waals surface area contributed by atoms with Gasteiger partial charge in [0, 0.05) is 6.04 Å². The van der Waals surface area contributed by atoms with E-state index in [1.54, 1.807) is 42.6 Å². The third-order valence-electron chi connectivity index (χ3n) is 4.81. The van der Waals surface area contributed by atoms with Gasteiger partial charge in [-0.2, -0.15) is 5.10 Å². The first kappa shape index (κ1) is 21.8. The highest BCUT2D eigenvalue weighted by Gasteiger charge is 2.13. The molecule has 30 heavy (non-hydrogen) atoms. The third-order valence-corrected chi connectivity index (χ3v) is 5.02. The predicted octanol–water partition coefficient (Wildman–Crippen LogP) is 4.44. The summed E-state index contributed by atoms with van der Waals surface area (Å²) >= 11 is 5.29. The van der Waals surface area contributed by atoms with Gasteiger partial charge in [0.1, 0.15) is 11.5 Å². The van der Waals surface area contributed by atoms with Gasteiger partial charge in [-0.05, 0) is 86.1 Å². The van der Waals surface area contributed by atoms with Crippen LogP contribution in [0.5, 0.6) is 11.5 Å². The average molecular weight is 426 g/mol. The molecule has 1 aliphatic rings. The topological polar surface area (TPSA) is 72.0 Å². The fourth-order valence-corrected chi connectivity index (χ4v) is 3.49. The number of benzene rings is 2. The van der Waals surface area contributed by atoms with E-state index in [0.717, 1.165) is 24.2 Å². The standard InChI is InChI=1S/C23H27N3O3S/c1-2-28-20-14-10-18(11-15-20)22(27)29-21-12-8-17(9-13-21)16-24-26-23(30)25-19-6-4-3-5-7-19/h8-16,19H,2-7H2,1H3,(H2,25,26,30). The summed E-state index contributed by atoms with van der Waals surface area (Å²) in [6.07, 6.45) is 7.79. The molecule has 0 saturated heterocycles. The van der Waals surface area contributed by atoms with E-state index in [2.05, 4.69) is 15.8 Å². The molecule has 1 aliphatic carbocycles.